The number of halogens is 1. The molecule has 3 aromatic heterocycles. The molecular weight excluding hydrogens is 236 g/mol. The summed E-state index contributed by atoms with van der Waals surface area (Å²) in [7, 11) is 0. The predicted octanol–water partition coefficient (Wildman–Crippen LogP) is 2.41. The summed E-state index contributed by atoms with van der Waals surface area (Å²) < 4.78 is 6.42. The van der Waals surface area contributed by atoms with Crippen LogP contribution < -0.4 is 0 Å². The standard InChI is InChI=1S/C8H5ClN4OS/c1-4-5(12-14-11-4)6-7(9)13-2-3-15-8(13)10-6/h2-3H,1H3. The molecular formula is C8H5ClN4OS. The van der Waals surface area contributed by atoms with Crippen LogP contribution in [0.5, 0.6) is 0 Å². The first-order valence-corrected chi connectivity index (χ1v) is 5.43. The Hall–Kier alpha value is -1.40. The van der Waals surface area contributed by atoms with Gasteiger partial charge in [0.25, 0.3) is 0 Å². The van der Waals surface area contributed by atoms with E-state index >= 15 is 0 Å². The highest BCUT2D eigenvalue weighted by molar-refractivity contribution is 7.15. The number of hydrogen-bond acceptors (Lipinski definition) is 5. The fraction of sp³-hybridized carbons (Fsp3) is 0.125. The van der Waals surface area contributed by atoms with Crippen molar-refractivity contribution in [3.63, 3.8) is 0 Å². The summed E-state index contributed by atoms with van der Waals surface area (Å²) in [6, 6.07) is 0. The highest BCUT2D eigenvalue weighted by Gasteiger charge is 2.18. The van der Waals surface area contributed by atoms with Gasteiger partial charge in [0.2, 0.25) is 0 Å². The van der Waals surface area contributed by atoms with Crippen LogP contribution in [-0.4, -0.2) is 19.7 Å². The third-order valence-electron chi connectivity index (χ3n) is 2.08. The average Bonchev–Trinajstić information content (AvgIpc) is 2.85. The number of imidazole rings is 1. The van der Waals surface area contributed by atoms with E-state index in [1.807, 2.05) is 11.6 Å². The molecule has 0 bridgehead atoms. The summed E-state index contributed by atoms with van der Waals surface area (Å²) in [6.07, 6.45) is 1.86. The summed E-state index contributed by atoms with van der Waals surface area (Å²) in [4.78, 5) is 5.19. The monoisotopic (exact) mass is 240 g/mol. The summed E-state index contributed by atoms with van der Waals surface area (Å²) in [6.45, 7) is 1.80. The zero-order valence-electron chi connectivity index (χ0n) is 7.64. The molecule has 0 N–H and O–H groups in total. The topological polar surface area (TPSA) is 56.2 Å². The third-order valence-corrected chi connectivity index (χ3v) is 3.20. The Morgan fingerprint density at radius 2 is 2.27 bits per heavy atom. The van der Waals surface area contributed by atoms with Crippen molar-refractivity contribution < 1.29 is 4.63 Å². The Morgan fingerprint density at radius 3 is 2.93 bits per heavy atom. The van der Waals surface area contributed by atoms with E-state index in [4.69, 9.17) is 11.6 Å². The maximum atomic E-state index is 6.16. The van der Waals surface area contributed by atoms with E-state index in [1.165, 1.54) is 11.3 Å². The van der Waals surface area contributed by atoms with Gasteiger partial charge in [0.15, 0.2) is 10.7 Å². The Morgan fingerprint density at radius 1 is 1.40 bits per heavy atom. The van der Waals surface area contributed by atoms with Crippen molar-refractivity contribution in [3.8, 4) is 11.4 Å². The second-order valence-corrected chi connectivity index (χ2v) is 4.24. The molecule has 0 spiro atoms. The first-order valence-electron chi connectivity index (χ1n) is 4.18. The van der Waals surface area contributed by atoms with E-state index in [0.717, 1.165) is 4.96 Å². The second kappa shape index (κ2) is 3.04. The summed E-state index contributed by atoms with van der Waals surface area (Å²) in [5, 5.41) is 9.93. The van der Waals surface area contributed by atoms with Gasteiger partial charge in [-0.05, 0) is 12.1 Å². The normalized spacial score (nSPS) is 11.3. The van der Waals surface area contributed by atoms with Crippen LogP contribution in [0.3, 0.4) is 0 Å². The average molecular weight is 241 g/mol. The highest BCUT2D eigenvalue weighted by atomic mass is 35.5. The number of thiazole rings is 1. The lowest BCUT2D eigenvalue weighted by atomic mass is 10.3. The number of nitrogens with zero attached hydrogens (tertiary/aromatic N) is 4. The van der Waals surface area contributed by atoms with E-state index < -0.39 is 0 Å². The molecule has 76 valence electrons. The molecule has 0 amide bonds. The van der Waals surface area contributed by atoms with Crippen molar-refractivity contribution in [2.75, 3.05) is 0 Å². The SMILES string of the molecule is Cc1nonc1-c1nc2sccn2c1Cl. The van der Waals surface area contributed by atoms with Gasteiger partial charge in [-0.15, -0.1) is 11.3 Å². The van der Waals surface area contributed by atoms with E-state index in [2.05, 4.69) is 19.9 Å². The lowest BCUT2D eigenvalue weighted by molar-refractivity contribution is 0.306. The van der Waals surface area contributed by atoms with Crippen LogP contribution in [0.2, 0.25) is 5.15 Å². The van der Waals surface area contributed by atoms with Gasteiger partial charge in [-0.25, -0.2) is 9.61 Å². The minimum absolute atomic E-state index is 0.532. The van der Waals surface area contributed by atoms with Crippen molar-refractivity contribution >= 4 is 27.9 Å². The highest BCUT2D eigenvalue weighted by Crippen LogP contribution is 2.30. The molecule has 0 aliphatic carbocycles. The number of aryl methyl sites for hydroxylation is 1. The maximum absolute atomic E-state index is 6.16. The zero-order chi connectivity index (χ0) is 10.4. The van der Waals surface area contributed by atoms with Crippen molar-refractivity contribution in [2.45, 2.75) is 6.92 Å². The summed E-state index contributed by atoms with van der Waals surface area (Å²) in [5.74, 6) is 0. The number of aromatic nitrogens is 4. The molecule has 0 aromatic carbocycles. The fourth-order valence-corrected chi connectivity index (χ4v) is 2.39. The molecule has 0 saturated heterocycles. The lowest BCUT2D eigenvalue weighted by Gasteiger charge is -1.90. The molecule has 0 fully saturated rings. The van der Waals surface area contributed by atoms with E-state index in [0.29, 0.717) is 22.2 Å². The van der Waals surface area contributed by atoms with Crippen molar-refractivity contribution in [3.05, 3.63) is 22.4 Å². The van der Waals surface area contributed by atoms with Crippen LogP contribution in [0.4, 0.5) is 0 Å². The van der Waals surface area contributed by atoms with E-state index in [1.54, 1.807) is 11.3 Å². The number of hydrogen-bond donors (Lipinski definition) is 0. The third kappa shape index (κ3) is 1.18. The molecule has 0 unspecified atom stereocenters. The van der Waals surface area contributed by atoms with Gasteiger partial charge < -0.3 is 0 Å². The van der Waals surface area contributed by atoms with Crippen LogP contribution in [0.25, 0.3) is 16.3 Å². The molecule has 0 saturated carbocycles. The number of rotatable bonds is 1. The van der Waals surface area contributed by atoms with Crippen LogP contribution in [0, 0.1) is 6.92 Å². The first-order chi connectivity index (χ1) is 7.27. The van der Waals surface area contributed by atoms with Gasteiger partial charge in [0.05, 0.1) is 0 Å². The van der Waals surface area contributed by atoms with Crippen molar-refractivity contribution in [1.82, 2.24) is 19.7 Å². The second-order valence-electron chi connectivity index (χ2n) is 3.01. The summed E-state index contributed by atoms with van der Waals surface area (Å²) >= 11 is 7.67. The van der Waals surface area contributed by atoms with Gasteiger partial charge in [-0.2, -0.15) is 0 Å². The lowest BCUT2D eigenvalue weighted by Crippen LogP contribution is -1.82. The quantitative estimate of drug-likeness (QED) is 0.655. The van der Waals surface area contributed by atoms with Crippen LogP contribution >= 0.6 is 22.9 Å². The smallest absolute Gasteiger partial charge is 0.195 e. The van der Waals surface area contributed by atoms with Crippen LogP contribution in [0.15, 0.2) is 16.2 Å². The Balaban J connectivity index is 2.31. The van der Waals surface area contributed by atoms with Gasteiger partial charge in [0, 0.05) is 11.6 Å². The van der Waals surface area contributed by atoms with Crippen molar-refractivity contribution in [1.29, 1.82) is 0 Å². The fourth-order valence-electron chi connectivity index (χ4n) is 1.36. The zero-order valence-corrected chi connectivity index (χ0v) is 9.21. The van der Waals surface area contributed by atoms with Gasteiger partial charge >= 0.3 is 0 Å². The Bertz CT molecular complexity index is 625. The largest absolute Gasteiger partial charge is 0.280 e. The first kappa shape index (κ1) is 8.87. The van der Waals surface area contributed by atoms with Gasteiger partial charge in [-0.1, -0.05) is 16.8 Å². The van der Waals surface area contributed by atoms with Crippen LogP contribution in [0.1, 0.15) is 5.69 Å². The molecule has 3 rings (SSSR count). The molecule has 15 heavy (non-hydrogen) atoms. The minimum Gasteiger partial charge on any atom is -0.280 e. The molecule has 5 nitrogen and oxygen atoms in total. The Kier molecular flexibility index (Phi) is 1.80. The molecule has 7 heteroatoms. The minimum atomic E-state index is 0.532. The molecule has 0 atom stereocenters. The molecule has 3 aromatic rings. The predicted molar refractivity (Wildman–Crippen MR) is 56.1 cm³/mol. The molecule has 0 radical (unpaired) electrons. The van der Waals surface area contributed by atoms with E-state index in [9.17, 15) is 0 Å². The number of fused-ring (bicyclic) bond motifs is 1. The molecule has 0 aliphatic rings. The van der Waals surface area contributed by atoms with Gasteiger partial charge in [0.1, 0.15) is 16.5 Å². The van der Waals surface area contributed by atoms with E-state index in [-0.39, 0.29) is 0 Å². The summed E-state index contributed by atoms with van der Waals surface area (Å²) in [5.41, 5.74) is 1.89. The Labute approximate surface area is 93.3 Å². The van der Waals surface area contributed by atoms with Crippen molar-refractivity contribution in [2.24, 2.45) is 0 Å². The molecule has 0 aliphatic heterocycles. The maximum Gasteiger partial charge on any atom is 0.195 e. The van der Waals surface area contributed by atoms with Crippen LogP contribution in [-0.2, 0) is 0 Å². The van der Waals surface area contributed by atoms with Gasteiger partial charge in [-0.3, -0.25) is 4.40 Å². The molecule has 3 heterocycles.